The van der Waals surface area contributed by atoms with Crippen LogP contribution in [0.3, 0.4) is 0 Å². The number of halogens is 1. The lowest BCUT2D eigenvalue weighted by molar-refractivity contribution is 0.0891. The molecule has 2 unspecified atom stereocenters. The van der Waals surface area contributed by atoms with Crippen LogP contribution in [0.1, 0.15) is 37.0 Å². The molecule has 0 saturated carbocycles. The number of rotatable bonds is 3. The fourth-order valence-corrected chi connectivity index (χ4v) is 2.64. The number of anilines is 1. The van der Waals surface area contributed by atoms with E-state index in [2.05, 4.69) is 4.90 Å². The van der Waals surface area contributed by atoms with E-state index in [1.54, 1.807) is 21.0 Å². The van der Waals surface area contributed by atoms with Crippen LogP contribution >= 0.6 is 0 Å². The Morgan fingerprint density at radius 3 is 2.84 bits per heavy atom. The van der Waals surface area contributed by atoms with Crippen LogP contribution in [0.4, 0.5) is 10.1 Å². The van der Waals surface area contributed by atoms with E-state index in [1.165, 1.54) is 6.07 Å². The third kappa shape index (κ3) is 3.07. The smallest absolute Gasteiger partial charge is 0.126 e. The molecule has 1 fully saturated rings. The summed E-state index contributed by atoms with van der Waals surface area (Å²) in [6.07, 6.45) is 1.64. The van der Waals surface area contributed by atoms with Gasteiger partial charge in [-0.2, -0.15) is 0 Å². The molecule has 1 aromatic rings. The minimum absolute atomic E-state index is 0.209. The van der Waals surface area contributed by atoms with E-state index < -0.39 is 6.10 Å². The van der Waals surface area contributed by atoms with Crippen LogP contribution in [0, 0.1) is 12.7 Å². The maximum Gasteiger partial charge on any atom is 0.126 e. The average Bonchev–Trinajstić information content (AvgIpc) is 2.41. The van der Waals surface area contributed by atoms with Crippen molar-refractivity contribution in [2.45, 2.75) is 38.9 Å². The van der Waals surface area contributed by atoms with Crippen LogP contribution in [-0.4, -0.2) is 31.4 Å². The first kappa shape index (κ1) is 14.3. The van der Waals surface area contributed by atoms with E-state index in [-0.39, 0.29) is 11.9 Å². The fraction of sp³-hybridized carbons (Fsp3) is 0.600. The number of hydrogen-bond acceptors (Lipinski definition) is 3. The normalized spacial score (nSPS) is 21.5. The summed E-state index contributed by atoms with van der Waals surface area (Å²) in [5.74, 6) is -0.264. The minimum atomic E-state index is -0.673. The summed E-state index contributed by atoms with van der Waals surface area (Å²) in [5.41, 5.74) is 2.19. The number of ether oxygens (including phenoxy) is 1. The van der Waals surface area contributed by atoms with Crippen LogP contribution in [0.15, 0.2) is 12.1 Å². The predicted molar refractivity (Wildman–Crippen MR) is 74.0 cm³/mol. The molecule has 19 heavy (non-hydrogen) atoms. The molecule has 4 heteroatoms. The Kier molecular flexibility index (Phi) is 4.42. The second-order valence-corrected chi connectivity index (χ2v) is 5.28. The van der Waals surface area contributed by atoms with E-state index in [0.29, 0.717) is 11.1 Å². The van der Waals surface area contributed by atoms with Gasteiger partial charge in [0.2, 0.25) is 0 Å². The van der Waals surface area contributed by atoms with Crippen molar-refractivity contribution in [3.8, 4) is 0 Å². The topological polar surface area (TPSA) is 32.7 Å². The average molecular weight is 267 g/mol. The molecule has 106 valence electrons. The van der Waals surface area contributed by atoms with Gasteiger partial charge >= 0.3 is 0 Å². The lowest BCUT2D eigenvalue weighted by Crippen LogP contribution is -2.39. The van der Waals surface area contributed by atoms with Crippen molar-refractivity contribution in [3.05, 3.63) is 29.1 Å². The lowest BCUT2D eigenvalue weighted by atomic mass is 10.0. The molecule has 2 rings (SSSR count). The quantitative estimate of drug-likeness (QED) is 0.914. The summed E-state index contributed by atoms with van der Waals surface area (Å²) >= 11 is 0. The number of aliphatic hydroxyl groups is 1. The van der Waals surface area contributed by atoms with Crippen LogP contribution in [-0.2, 0) is 4.74 Å². The third-order valence-corrected chi connectivity index (χ3v) is 3.81. The molecular weight excluding hydrogens is 245 g/mol. The molecule has 1 N–H and O–H groups in total. The van der Waals surface area contributed by atoms with Gasteiger partial charge in [-0.1, -0.05) is 0 Å². The Bertz CT molecular complexity index is 448. The van der Waals surface area contributed by atoms with Gasteiger partial charge in [-0.15, -0.1) is 0 Å². The van der Waals surface area contributed by atoms with Gasteiger partial charge in [-0.3, -0.25) is 0 Å². The summed E-state index contributed by atoms with van der Waals surface area (Å²) in [6, 6.07) is 3.28. The van der Waals surface area contributed by atoms with Gasteiger partial charge in [0.1, 0.15) is 5.82 Å². The Morgan fingerprint density at radius 1 is 1.47 bits per heavy atom. The number of piperidine rings is 1. The van der Waals surface area contributed by atoms with Crippen molar-refractivity contribution in [2.75, 3.05) is 25.1 Å². The summed E-state index contributed by atoms with van der Waals surface area (Å²) in [7, 11) is 1.72. The van der Waals surface area contributed by atoms with Crippen LogP contribution in [0.2, 0.25) is 0 Å². The van der Waals surface area contributed by atoms with Crippen LogP contribution in [0.5, 0.6) is 0 Å². The molecule has 0 amide bonds. The molecule has 1 aromatic carbocycles. The summed E-state index contributed by atoms with van der Waals surface area (Å²) in [5, 5.41) is 9.85. The van der Waals surface area contributed by atoms with Crippen molar-refractivity contribution in [3.63, 3.8) is 0 Å². The zero-order chi connectivity index (χ0) is 14.0. The van der Waals surface area contributed by atoms with E-state index >= 15 is 0 Å². The van der Waals surface area contributed by atoms with Gasteiger partial charge < -0.3 is 14.7 Å². The maximum absolute atomic E-state index is 13.7. The number of hydrogen-bond donors (Lipinski definition) is 1. The minimum Gasteiger partial charge on any atom is -0.389 e. The largest absolute Gasteiger partial charge is 0.389 e. The van der Waals surface area contributed by atoms with Crippen molar-refractivity contribution in [1.82, 2.24) is 0 Å². The van der Waals surface area contributed by atoms with E-state index in [1.807, 2.05) is 6.07 Å². The van der Waals surface area contributed by atoms with Gasteiger partial charge in [0.25, 0.3) is 0 Å². The molecule has 0 bridgehead atoms. The molecule has 0 aromatic heterocycles. The number of aryl methyl sites for hydroxylation is 1. The first-order valence-corrected chi connectivity index (χ1v) is 6.78. The highest BCUT2D eigenvalue weighted by Crippen LogP contribution is 2.31. The first-order chi connectivity index (χ1) is 9.02. The second kappa shape index (κ2) is 5.88. The SMILES string of the molecule is COC1CCCN(c2cc(C)c(F)cc2C(C)O)C1. The van der Waals surface area contributed by atoms with Crippen molar-refractivity contribution < 1.29 is 14.2 Å². The molecule has 1 saturated heterocycles. The monoisotopic (exact) mass is 267 g/mol. The molecule has 1 heterocycles. The molecule has 2 atom stereocenters. The second-order valence-electron chi connectivity index (χ2n) is 5.28. The fourth-order valence-electron chi connectivity index (χ4n) is 2.64. The number of nitrogens with zero attached hydrogens (tertiary/aromatic N) is 1. The molecule has 0 spiro atoms. The molecular formula is C15H22FNO2. The standard InChI is InChI=1S/C15H22FNO2/c1-10-7-15(13(11(2)18)8-14(10)16)17-6-4-5-12(9-17)19-3/h7-8,11-12,18H,4-6,9H2,1-3H3. The zero-order valence-electron chi connectivity index (χ0n) is 11.8. The summed E-state index contributed by atoms with van der Waals surface area (Å²) in [4.78, 5) is 2.19. The van der Waals surface area contributed by atoms with Gasteiger partial charge in [-0.05, 0) is 44.4 Å². The molecule has 0 radical (unpaired) electrons. The lowest BCUT2D eigenvalue weighted by Gasteiger charge is -2.35. The number of benzene rings is 1. The highest BCUT2D eigenvalue weighted by Gasteiger charge is 2.23. The van der Waals surface area contributed by atoms with Gasteiger partial charge in [0.15, 0.2) is 0 Å². The third-order valence-electron chi connectivity index (χ3n) is 3.81. The van der Waals surface area contributed by atoms with Gasteiger partial charge in [-0.25, -0.2) is 4.39 Å². The van der Waals surface area contributed by atoms with Crippen LogP contribution in [0.25, 0.3) is 0 Å². The highest BCUT2D eigenvalue weighted by molar-refractivity contribution is 5.57. The van der Waals surface area contributed by atoms with Gasteiger partial charge in [0, 0.05) is 31.5 Å². The summed E-state index contributed by atoms with van der Waals surface area (Å²) in [6.45, 7) is 5.14. The molecule has 3 nitrogen and oxygen atoms in total. The first-order valence-electron chi connectivity index (χ1n) is 6.78. The predicted octanol–water partition coefficient (Wildman–Crippen LogP) is 2.80. The molecule has 0 aliphatic carbocycles. The Labute approximate surface area is 114 Å². The highest BCUT2D eigenvalue weighted by atomic mass is 19.1. The maximum atomic E-state index is 13.7. The van der Waals surface area contributed by atoms with Gasteiger partial charge in [0.05, 0.1) is 12.2 Å². The summed E-state index contributed by atoms with van der Waals surface area (Å²) < 4.78 is 19.1. The van der Waals surface area contributed by atoms with Crippen molar-refractivity contribution >= 4 is 5.69 Å². The van der Waals surface area contributed by atoms with E-state index in [9.17, 15) is 9.50 Å². The van der Waals surface area contributed by atoms with E-state index in [0.717, 1.165) is 31.6 Å². The number of methoxy groups -OCH3 is 1. The Balaban J connectivity index is 2.34. The molecule has 1 aliphatic heterocycles. The van der Waals surface area contributed by atoms with Crippen molar-refractivity contribution in [2.24, 2.45) is 0 Å². The van der Waals surface area contributed by atoms with Crippen LogP contribution < -0.4 is 4.90 Å². The molecule has 1 aliphatic rings. The zero-order valence-corrected chi connectivity index (χ0v) is 11.8. The Morgan fingerprint density at radius 2 is 2.21 bits per heavy atom. The number of aliphatic hydroxyl groups excluding tert-OH is 1. The van der Waals surface area contributed by atoms with Crippen molar-refractivity contribution in [1.29, 1.82) is 0 Å². The Hall–Kier alpha value is -1.13. The van der Waals surface area contributed by atoms with E-state index in [4.69, 9.17) is 4.74 Å².